The van der Waals surface area contributed by atoms with Gasteiger partial charge < -0.3 is 14.6 Å². The third-order valence-corrected chi connectivity index (χ3v) is 4.69. The normalized spacial score (nSPS) is 26.1. The first kappa shape index (κ1) is 15.4. The molecule has 114 valence electrons. The lowest BCUT2D eigenvalue weighted by atomic mass is 9.93. The average Bonchev–Trinajstić information content (AvgIpc) is 3.04. The van der Waals surface area contributed by atoms with Gasteiger partial charge in [0.1, 0.15) is 0 Å². The SMILES string of the molecule is CCOCCCNc1nccn1C1CCC(CC)C1C. The quantitative estimate of drug-likeness (QED) is 0.737. The highest BCUT2D eigenvalue weighted by molar-refractivity contribution is 5.27. The van der Waals surface area contributed by atoms with Crippen LogP contribution in [0.2, 0.25) is 0 Å². The minimum absolute atomic E-state index is 0.608. The van der Waals surface area contributed by atoms with Gasteiger partial charge in [-0.1, -0.05) is 20.3 Å². The fraction of sp³-hybridized carbons (Fsp3) is 0.812. The van der Waals surface area contributed by atoms with Crippen LogP contribution in [-0.2, 0) is 4.74 Å². The maximum absolute atomic E-state index is 5.36. The van der Waals surface area contributed by atoms with Gasteiger partial charge in [-0.05, 0) is 38.0 Å². The van der Waals surface area contributed by atoms with Gasteiger partial charge in [-0.2, -0.15) is 0 Å². The van der Waals surface area contributed by atoms with E-state index in [-0.39, 0.29) is 0 Å². The molecule has 3 unspecified atom stereocenters. The Hall–Kier alpha value is -1.03. The molecule has 0 amide bonds. The second-order valence-electron chi connectivity index (χ2n) is 5.81. The minimum Gasteiger partial charge on any atom is -0.382 e. The van der Waals surface area contributed by atoms with Crippen molar-refractivity contribution < 1.29 is 4.74 Å². The van der Waals surface area contributed by atoms with Gasteiger partial charge in [-0.25, -0.2) is 4.98 Å². The zero-order valence-corrected chi connectivity index (χ0v) is 13.1. The number of hydrogen-bond acceptors (Lipinski definition) is 3. The number of rotatable bonds is 8. The van der Waals surface area contributed by atoms with Crippen LogP contribution < -0.4 is 5.32 Å². The van der Waals surface area contributed by atoms with Crippen molar-refractivity contribution in [3.63, 3.8) is 0 Å². The summed E-state index contributed by atoms with van der Waals surface area (Å²) in [6.45, 7) is 9.28. The molecule has 0 radical (unpaired) electrons. The zero-order valence-electron chi connectivity index (χ0n) is 13.1. The summed E-state index contributed by atoms with van der Waals surface area (Å²) >= 11 is 0. The number of nitrogens with zero attached hydrogens (tertiary/aromatic N) is 2. The van der Waals surface area contributed by atoms with Crippen LogP contribution in [0, 0.1) is 11.8 Å². The standard InChI is InChI=1S/C16H29N3O/c1-4-14-7-8-15(13(14)3)19-11-10-18-16(19)17-9-6-12-20-5-2/h10-11,13-15H,4-9,12H2,1-3H3,(H,17,18). The van der Waals surface area contributed by atoms with Crippen molar-refractivity contribution in [2.75, 3.05) is 25.1 Å². The maximum atomic E-state index is 5.36. The number of nitrogens with one attached hydrogen (secondary N) is 1. The van der Waals surface area contributed by atoms with E-state index < -0.39 is 0 Å². The van der Waals surface area contributed by atoms with E-state index in [1.54, 1.807) is 0 Å². The van der Waals surface area contributed by atoms with Crippen LogP contribution in [0.5, 0.6) is 0 Å². The van der Waals surface area contributed by atoms with Crippen LogP contribution in [0.4, 0.5) is 5.95 Å². The predicted molar refractivity (Wildman–Crippen MR) is 83.0 cm³/mol. The van der Waals surface area contributed by atoms with Crippen LogP contribution in [0.25, 0.3) is 0 Å². The van der Waals surface area contributed by atoms with E-state index in [1.165, 1.54) is 19.3 Å². The molecule has 2 rings (SSSR count). The second-order valence-corrected chi connectivity index (χ2v) is 5.81. The van der Waals surface area contributed by atoms with Crippen LogP contribution in [0.3, 0.4) is 0 Å². The molecule has 1 saturated carbocycles. The Balaban J connectivity index is 1.88. The van der Waals surface area contributed by atoms with Gasteiger partial charge in [0.2, 0.25) is 5.95 Å². The van der Waals surface area contributed by atoms with E-state index in [0.717, 1.165) is 44.0 Å². The Labute approximate surface area is 122 Å². The fourth-order valence-electron chi connectivity index (χ4n) is 3.43. The van der Waals surface area contributed by atoms with Gasteiger partial charge in [0.25, 0.3) is 0 Å². The Morgan fingerprint density at radius 1 is 1.40 bits per heavy atom. The van der Waals surface area contributed by atoms with Gasteiger partial charge in [0.05, 0.1) is 0 Å². The summed E-state index contributed by atoms with van der Waals surface area (Å²) in [5, 5.41) is 3.45. The van der Waals surface area contributed by atoms with E-state index in [0.29, 0.717) is 6.04 Å². The van der Waals surface area contributed by atoms with E-state index >= 15 is 0 Å². The molecule has 4 heteroatoms. The number of imidazole rings is 1. The summed E-state index contributed by atoms with van der Waals surface area (Å²) in [4.78, 5) is 4.47. The lowest BCUT2D eigenvalue weighted by molar-refractivity contribution is 0.147. The van der Waals surface area contributed by atoms with Gasteiger partial charge in [-0.3, -0.25) is 0 Å². The first-order valence-electron chi connectivity index (χ1n) is 8.12. The largest absolute Gasteiger partial charge is 0.382 e. The molecular weight excluding hydrogens is 250 g/mol. The summed E-state index contributed by atoms with van der Waals surface area (Å²) in [5.74, 6) is 2.64. The second kappa shape index (κ2) is 7.67. The molecule has 0 bridgehead atoms. The highest BCUT2D eigenvalue weighted by Gasteiger charge is 2.33. The molecule has 0 saturated heterocycles. The summed E-state index contributed by atoms with van der Waals surface area (Å²) in [6, 6.07) is 0.608. The van der Waals surface area contributed by atoms with Gasteiger partial charge in [-0.15, -0.1) is 0 Å². The molecule has 1 aromatic rings. The summed E-state index contributed by atoms with van der Waals surface area (Å²) in [6.07, 6.45) is 9.00. The average molecular weight is 279 g/mol. The van der Waals surface area contributed by atoms with Gasteiger partial charge in [0, 0.05) is 38.2 Å². The van der Waals surface area contributed by atoms with Crippen LogP contribution in [0.1, 0.15) is 52.5 Å². The molecule has 0 aliphatic heterocycles. The summed E-state index contributed by atoms with van der Waals surface area (Å²) in [7, 11) is 0. The first-order valence-corrected chi connectivity index (χ1v) is 8.12. The molecule has 0 aromatic carbocycles. The van der Waals surface area contributed by atoms with Crippen molar-refractivity contribution in [2.45, 2.75) is 52.5 Å². The molecule has 20 heavy (non-hydrogen) atoms. The Bertz CT molecular complexity index is 391. The lowest BCUT2D eigenvalue weighted by Crippen LogP contribution is -2.18. The van der Waals surface area contributed by atoms with Crippen LogP contribution >= 0.6 is 0 Å². The molecule has 4 nitrogen and oxygen atoms in total. The monoisotopic (exact) mass is 279 g/mol. The summed E-state index contributed by atoms with van der Waals surface area (Å²) < 4.78 is 7.71. The van der Waals surface area contributed by atoms with E-state index in [2.05, 4.69) is 34.9 Å². The van der Waals surface area contributed by atoms with Crippen LogP contribution in [0.15, 0.2) is 12.4 Å². The van der Waals surface area contributed by atoms with E-state index in [4.69, 9.17) is 4.74 Å². The molecular formula is C16H29N3O. The Kier molecular flexibility index (Phi) is 5.89. The maximum Gasteiger partial charge on any atom is 0.203 e. The van der Waals surface area contributed by atoms with Crippen molar-refractivity contribution in [1.82, 2.24) is 9.55 Å². The summed E-state index contributed by atoms with van der Waals surface area (Å²) in [5.41, 5.74) is 0. The predicted octanol–water partition coefficient (Wildman–Crippen LogP) is 3.72. The van der Waals surface area contributed by atoms with Gasteiger partial charge >= 0.3 is 0 Å². The van der Waals surface area contributed by atoms with Crippen molar-refractivity contribution in [3.8, 4) is 0 Å². The molecule has 1 heterocycles. The zero-order chi connectivity index (χ0) is 14.4. The van der Waals surface area contributed by atoms with E-state index in [9.17, 15) is 0 Å². The third kappa shape index (κ3) is 3.54. The number of hydrogen-bond donors (Lipinski definition) is 1. The topological polar surface area (TPSA) is 39.1 Å². The lowest BCUT2D eigenvalue weighted by Gasteiger charge is -2.23. The first-order chi connectivity index (χ1) is 9.77. The molecule has 1 aromatic heterocycles. The van der Waals surface area contributed by atoms with Gasteiger partial charge in [0.15, 0.2) is 0 Å². The van der Waals surface area contributed by atoms with Crippen molar-refractivity contribution in [1.29, 1.82) is 0 Å². The Morgan fingerprint density at radius 2 is 2.25 bits per heavy atom. The molecule has 0 spiro atoms. The van der Waals surface area contributed by atoms with Crippen LogP contribution in [-0.4, -0.2) is 29.3 Å². The molecule has 1 N–H and O–H groups in total. The third-order valence-electron chi connectivity index (χ3n) is 4.69. The smallest absolute Gasteiger partial charge is 0.203 e. The fourth-order valence-corrected chi connectivity index (χ4v) is 3.43. The molecule has 1 aliphatic rings. The van der Waals surface area contributed by atoms with Crippen molar-refractivity contribution in [2.24, 2.45) is 11.8 Å². The minimum atomic E-state index is 0.608. The number of aromatic nitrogens is 2. The molecule has 1 aliphatic carbocycles. The molecule has 1 fully saturated rings. The number of anilines is 1. The molecule has 3 atom stereocenters. The number of ether oxygens (including phenoxy) is 1. The van der Waals surface area contributed by atoms with E-state index in [1.807, 2.05) is 13.1 Å². The van der Waals surface area contributed by atoms with Crippen molar-refractivity contribution >= 4 is 5.95 Å². The van der Waals surface area contributed by atoms with Crippen molar-refractivity contribution in [3.05, 3.63) is 12.4 Å². The highest BCUT2D eigenvalue weighted by atomic mass is 16.5. The highest BCUT2D eigenvalue weighted by Crippen LogP contribution is 2.42. The Morgan fingerprint density at radius 3 is 2.95 bits per heavy atom.